The fraction of sp³-hybridized carbons (Fsp3) is 0.464. The van der Waals surface area contributed by atoms with Crippen LogP contribution >= 0.6 is 0 Å². The van der Waals surface area contributed by atoms with Crippen molar-refractivity contribution in [1.29, 1.82) is 0 Å². The maximum absolute atomic E-state index is 11.4. The molecule has 2 aliphatic rings. The van der Waals surface area contributed by atoms with Gasteiger partial charge < -0.3 is 14.8 Å². The Morgan fingerprint density at radius 1 is 1.15 bits per heavy atom. The fourth-order valence-corrected chi connectivity index (χ4v) is 5.94. The number of aromatic amines is 1. The first kappa shape index (κ1) is 22.9. The summed E-state index contributed by atoms with van der Waals surface area (Å²) in [6.45, 7) is 7.08. The number of methoxy groups -OCH3 is 1. The van der Waals surface area contributed by atoms with E-state index in [0.717, 1.165) is 43.4 Å². The summed E-state index contributed by atoms with van der Waals surface area (Å²) in [5.74, 6) is 0.866. The Morgan fingerprint density at radius 3 is 2.62 bits per heavy atom. The number of carboxylic acids is 1. The summed E-state index contributed by atoms with van der Waals surface area (Å²) in [6, 6.07) is 12.0. The maximum Gasteiger partial charge on any atom is 0.335 e. The first-order valence-electron chi connectivity index (χ1n) is 12.5. The molecule has 0 bridgehead atoms. The van der Waals surface area contributed by atoms with Gasteiger partial charge >= 0.3 is 5.97 Å². The Bertz CT molecular complexity index is 1150. The van der Waals surface area contributed by atoms with Gasteiger partial charge in [-0.3, -0.25) is 9.80 Å². The smallest absolute Gasteiger partial charge is 0.335 e. The topological polar surface area (TPSA) is 68.8 Å². The third kappa shape index (κ3) is 4.57. The summed E-state index contributed by atoms with van der Waals surface area (Å²) in [4.78, 5) is 20.0. The largest absolute Gasteiger partial charge is 0.496 e. The van der Waals surface area contributed by atoms with E-state index in [9.17, 15) is 9.90 Å². The number of carbonyl (C=O) groups is 1. The van der Waals surface area contributed by atoms with Crippen LogP contribution in [0, 0.1) is 12.8 Å². The molecule has 0 amide bonds. The minimum absolute atomic E-state index is 0.206. The van der Waals surface area contributed by atoms with Crippen LogP contribution in [0.2, 0.25) is 0 Å². The molecule has 180 valence electrons. The lowest BCUT2D eigenvalue weighted by Gasteiger charge is -2.43. The standard InChI is InChI=1S/C28H35N3O3/c1-19-15-26(34-2)24(23-11-12-29-27(19)23)17-31-14-13-30(16-20-5-3-4-6-20)18-25(31)21-7-9-22(10-8-21)28(32)33/h7-12,15,20,25,29H,3-6,13-14,16-18H2,1-2H3,(H,32,33). The van der Waals surface area contributed by atoms with E-state index in [1.807, 2.05) is 18.3 Å². The molecule has 3 aromatic rings. The van der Waals surface area contributed by atoms with Crippen LogP contribution in [0.15, 0.2) is 42.6 Å². The molecule has 0 spiro atoms. The van der Waals surface area contributed by atoms with Crippen molar-refractivity contribution in [2.45, 2.75) is 45.2 Å². The van der Waals surface area contributed by atoms with E-state index in [1.165, 1.54) is 54.3 Å². The molecule has 1 unspecified atom stereocenters. The van der Waals surface area contributed by atoms with Crippen molar-refractivity contribution in [1.82, 2.24) is 14.8 Å². The van der Waals surface area contributed by atoms with Crippen molar-refractivity contribution in [3.05, 3.63) is 64.8 Å². The number of nitrogens with one attached hydrogen (secondary N) is 1. The van der Waals surface area contributed by atoms with Crippen LogP contribution < -0.4 is 4.74 Å². The van der Waals surface area contributed by atoms with E-state index in [0.29, 0.717) is 5.56 Å². The minimum atomic E-state index is -0.880. The lowest BCUT2D eigenvalue weighted by atomic mass is 9.97. The minimum Gasteiger partial charge on any atom is -0.496 e. The van der Waals surface area contributed by atoms with Crippen LogP contribution in [0.1, 0.15) is 58.8 Å². The number of piperazine rings is 1. The Balaban J connectivity index is 1.45. The number of benzene rings is 2. The van der Waals surface area contributed by atoms with Crippen molar-refractivity contribution < 1.29 is 14.6 Å². The number of carboxylic acid groups (broad SMARTS) is 1. The molecular formula is C28H35N3O3. The predicted octanol–water partition coefficient (Wildman–Crippen LogP) is 5.23. The zero-order chi connectivity index (χ0) is 23.7. The van der Waals surface area contributed by atoms with Gasteiger partial charge in [-0.1, -0.05) is 25.0 Å². The van der Waals surface area contributed by atoms with Crippen molar-refractivity contribution >= 4 is 16.9 Å². The van der Waals surface area contributed by atoms with E-state index < -0.39 is 5.97 Å². The molecule has 6 heteroatoms. The molecule has 1 saturated heterocycles. The van der Waals surface area contributed by atoms with Gasteiger partial charge in [-0.05, 0) is 61.1 Å². The van der Waals surface area contributed by atoms with E-state index >= 15 is 0 Å². The zero-order valence-electron chi connectivity index (χ0n) is 20.2. The number of aromatic nitrogens is 1. The van der Waals surface area contributed by atoms with Gasteiger partial charge in [0.25, 0.3) is 0 Å². The first-order valence-corrected chi connectivity index (χ1v) is 12.5. The van der Waals surface area contributed by atoms with Gasteiger partial charge in [0.2, 0.25) is 0 Å². The van der Waals surface area contributed by atoms with Crippen molar-refractivity contribution in [2.24, 2.45) is 5.92 Å². The van der Waals surface area contributed by atoms with E-state index in [1.54, 1.807) is 19.2 Å². The molecule has 1 aliphatic carbocycles. The predicted molar refractivity (Wildman–Crippen MR) is 135 cm³/mol. The quantitative estimate of drug-likeness (QED) is 0.504. The Morgan fingerprint density at radius 2 is 1.91 bits per heavy atom. The lowest BCUT2D eigenvalue weighted by molar-refractivity contribution is 0.0587. The number of fused-ring (bicyclic) bond motifs is 1. The average molecular weight is 462 g/mol. The van der Waals surface area contributed by atoms with Crippen molar-refractivity contribution in [3.63, 3.8) is 0 Å². The second-order valence-electron chi connectivity index (χ2n) is 9.96. The highest BCUT2D eigenvalue weighted by molar-refractivity contribution is 5.88. The summed E-state index contributed by atoms with van der Waals surface area (Å²) in [7, 11) is 1.75. The SMILES string of the molecule is COc1cc(C)c2[nH]ccc2c1CN1CCN(CC2CCCC2)CC1c1ccc(C(=O)O)cc1. The molecule has 1 aliphatic heterocycles. The number of aromatic carboxylic acids is 1. The summed E-state index contributed by atoms with van der Waals surface area (Å²) in [5, 5.41) is 10.6. The van der Waals surface area contributed by atoms with E-state index in [2.05, 4.69) is 33.8 Å². The fourth-order valence-electron chi connectivity index (χ4n) is 5.94. The number of aryl methyl sites for hydroxylation is 1. The van der Waals surface area contributed by atoms with Crippen molar-refractivity contribution in [2.75, 3.05) is 33.3 Å². The molecule has 5 rings (SSSR count). The number of hydrogen-bond donors (Lipinski definition) is 2. The summed E-state index contributed by atoms with van der Waals surface area (Å²) in [5.41, 5.74) is 5.07. The third-order valence-electron chi connectivity index (χ3n) is 7.80. The zero-order valence-corrected chi connectivity index (χ0v) is 20.2. The highest BCUT2D eigenvalue weighted by atomic mass is 16.5. The number of hydrogen-bond acceptors (Lipinski definition) is 4. The third-order valence-corrected chi connectivity index (χ3v) is 7.80. The molecule has 1 aromatic heterocycles. The first-order chi connectivity index (χ1) is 16.5. The van der Waals surface area contributed by atoms with Crippen LogP contribution in [0.25, 0.3) is 10.9 Å². The average Bonchev–Trinajstić information content (AvgIpc) is 3.54. The maximum atomic E-state index is 11.4. The number of rotatable bonds is 7. The molecule has 1 atom stereocenters. The molecule has 6 nitrogen and oxygen atoms in total. The van der Waals surface area contributed by atoms with Gasteiger partial charge in [-0.15, -0.1) is 0 Å². The Kier molecular flexibility index (Phi) is 6.61. The molecule has 2 aromatic carbocycles. The van der Waals surface area contributed by atoms with Gasteiger partial charge in [0, 0.05) is 61.4 Å². The van der Waals surface area contributed by atoms with Crippen LogP contribution in [0.3, 0.4) is 0 Å². The van der Waals surface area contributed by atoms with Crippen LogP contribution in [0.5, 0.6) is 5.75 Å². The van der Waals surface area contributed by atoms with Crippen LogP contribution in [0.4, 0.5) is 0 Å². The van der Waals surface area contributed by atoms with Gasteiger partial charge in [0.05, 0.1) is 12.7 Å². The highest BCUT2D eigenvalue weighted by Crippen LogP contribution is 2.36. The van der Waals surface area contributed by atoms with Crippen LogP contribution in [-0.4, -0.2) is 59.1 Å². The molecule has 1 saturated carbocycles. The van der Waals surface area contributed by atoms with Gasteiger partial charge in [0.1, 0.15) is 5.75 Å². The number of ether oxygens (including phenoxy) is 1. The second-order valence-corrected chi connectivity index (χ2v) is 9.96. The van der Waals surface area contributed by atoms with Gasteiger partial charge in [-0.25, -0.2) is 4.79 Å². The number of H-pyrrole nitrogens is 1. The summed E-state index contributed by atoms with van der Waals surface area (Å²) >= 11 is 0. The van der Waals surface area contributed by atoms with Crippen LogP contribution in [-0.2, 0) is 6.54 Å². The van der Waals surface area contributed by atoms with Crippen molar-refractivity contribution in [3.8, 4) is 5.75 Å². The summed E-state index contributed by atoms with van der Waals surface area (Å²) < 4.78 is 5.82. The highest BCUT2D eigenvalue weighted by Gasteiger charge is 2.31. The lowest BCUT2D eigenvalue weighted by Crippen LogP contribution is -2.49. The molecule has 0 radical (unpaired) electrons. The molecule has 34 heavy (non-hydrogen) atoms. The molecular weight excluding hydrogens is 426 g/mol. The Labute approximate surface area is 201 Å². The summed E-state index contributed by atoms with van der Waals surface area (Å²) in [6.07, 6.45) is 7.44. The van der Waals surface area contributed by atoms with Gasteiger partial charge in [0.15, 0.2) is 0 Å². The Hall–Kier alpha value is -2.83. The molecule has 2 N–H and O–H groups in total. The second kappa shape index (κ2) is 9.80. The van der Waals surface area contributed by atoms with E-state index in [4.69, 9.17) is 4.74 Å². The molecule has 2 fully saturated rings. The van der Waals surface area contributed by atoms with Gasteiger partial charge in [-0.2, -0.15) is 0 Å². The monoisotopic (exact) mass is 461 g/mol. The molecule has 2 heterocycles. The normalized spacial score (nSPS) is 20.2. The number of nitrogens with zero attached hydrogens (tertiary/aromatic N) is 2. The van der Waals surface area contributed by atoms with E-state index in [-0.39, 0.29) is 6.04 Å².